The molecule has 0 radical (unpaired) electrons. The van der Waals surface area contributed by atoms with Crippen molar-refractivity contribution in [3.63, 3.8) is 0 Å². The molecule has 0 spiro atoms. The Hall–Kier alpha value is -1.05. The first kappa shape index (κ1) is 17.9. The first-order valence-corrected chi connectivity index (χ1v) is 7.71. The maximum atomic E-state index is 11.2. The summed E-state index contributed by atoms with van der Waals surface area (Å²) < 4.78 is 5.36. The summed E-state index contributed by atoms with van der Waals surface area (Å²) in [6.45, 7) is 7.57. The molecule has 0 aromatic rings. The summed E-state index contributed by atoms with van der Waals surface area (Å²) in [5.74, 6) is -0.0687. The van der Waals surface area contributed by atoms with Gasteiger partial charge in [0, 0.05) is 6.42 Å². The van der Waals surface area contributed by atoms with Crippen LogP contribution in [0.5, 0.6) is 0 Å². The smallest absolute Gasteiger partial charge is 0.305 e. The van der Waals surface area contributed by atoms with Crippen LogP contribution in [0, 0.1) is 0 Å². The second kappa shape index (κ2) is 13.4. The van der Waals surface area contributed by atoms with Crippen LogP contribution >= 0.6 is 0 Å². The fraction of sp³-hybridized carbons (Fsp3) is 0.706. The lowest BCUT2D eigenvalue weighted by molar-refractivity contribution is -0.149. The van der Waals surface area contributed by atoms with Gasteiger partial charge in [-0.2, -0.15) is 0 Å². The summed E-state index contributed by atoms with van der Waals surface area (Å²) in [6, 6.07) is 0. The van der Waals surface area contributed by atoms with Gasteiger partial charge < -0.3 is 4.74 Å². The zero-order valence-corrected chi connectivity index (χ0v) is 12.7. The molecule has 0 saturated carbocycles. The van der Waals surface area contributed by atoms with Gasteiger partial charge in [0.2, 0.25) is 0 Å². The van der Waals surface area contributed by atoms with Crippen LogP contribution in [0.2, 0.25) is 0 Å². The van der Waals surface area contributed by atoms with E-state index in [1.54, 1.807) is 0 Å². The molecule has 0 amide bonds. The summed E-state index contributed by atoms with van der Waals surface area (Å²) in [4.78, 5) is 11.2. The summed E-state index contributed by atoms with van der Waals surface area (Å²) >= 11 is 0. The monoisotopic (exact) mass is 266 g/mol. The van der Waals surface area contributed by atoms with E-state index in [0.717, 1.165) is 25.7 Å². The van der Waals surface area contributed by atoms with Crippen molar-refractivity contribution in [3.8, 4) is 0 Å². The summed E-state index contributed by atoms with van der Waals surface area (Å²) in [6.07, 6.45) is 15.9. The Morgan fingerprint density at radius 1 is 1.16 bits per heavy atom. The minimum atomic E-state index is -0.0687. The fourth-order valence-electron chi connectivity index (χ4n) is 1.97. The fourth-order valence-corrected chi connectivity index (χ4v) is 1.97. The van der Waals surface area contributed by atoms with Gasteiger partial charge in [-0.05, 0) is 32.1 Å². The molecular formula is C17H30O2. The van der Waals surface area contributed by atoms with Crippen LogP contribution < -0.4 is 0 Å². The van der Waals surface area contributed by atoms with Gasteiger partial charge in [-0.1, -0.05) is 57.9 Å². The van der Waals surface area contributed by atoms with E-state index in [-0.39, 0.29) is 12.1 Å². The highest BCUT2D eigenvalue weighted by atomic mass is 16.5. The highest BCUT2D eigenvalue weighted by Gasteiger charge is 2.10. The zero-order chi connectivity index (χ0) is 14.3. The van der Waals surface area contributed by atoms with Gasteiger partial charge in [-0.15, -0.1) is 0 Å². The minimum Gasteiger partial charge on any atom is -0.462 e. The third-order valence-corrected chi connectivity index (χ3v) is 3.21. The van der Waals surface area contributed by atoms with Crippen molar-refractivity contribution in [2.24, 2.45) is 0 Å². The predicted molar refractivity (Wildman–Crippen MR) is 82.1 cm³/mol. The van der Waals surface area contributed by atoms with Crippen LogP contribution in [0.4, 0.5) is 0 Å². The summed E-state index contributed by atoms with van der Waals surface area (Å²) in [5.41, 5.74) is 0. The zero-order valence-electron chi connectivity index (χ0n) is 12.7. The topological polar surface area (TPSA) is 26.3 Å². The van der Waals surface area contributed by atoms with E-state index < -0.39 is 0 Å². The average molecular weight is 266 g/mol. The van der Waals surface area contributed by atoms with Crippen molar-refractivity contribution in [2.75, 3.05) is 0 Å². The lowest BCUT2D eigenvalue weighted by Crippen LogP contribution is -2.16. The molecule has 0 aliphatic heterocycles. The molecule has 0 fully saturated rings. The highest BCUT2D eigenvalue weighted by Crippen LogP contribution is 2.13. The molecule has 1 atom stereocenters. The molecule has 0 bridgehead atoms. The molecule has 2 heteroatoms. The molecule has 0 aromatic carbocycles. The molecule has 0 heterocycles. The molecule has 1 unspecified atom stereocenters. The van der Waals surface area contributed by atoms with Crippen molar-refractivity contribution < 1.29 is 9.53 Å². The van der Waals surface area contributed by atoms with E-state index >= 15 is 0 Å². The number of allylic oxidation sites excluding steroid dienone is 3. The minimum absolute atomic E-state index is 0.0687. The molecule has 0 N–H and O–H groups in total. The molecule has 2 nitrogen and oxygen atoms in total. The Labute approximate surface area is 118 Å². The second-order valence-corrected chi connectivity index (χ2v) is 4.88. The Kier molecular flexibility index (Phi) is 12.6. The number of carbonyl (C=O) groups is 1. The average Bonchev–Trinajstić information content (AvgIpc) is 2.43. The lowest BCUT2D eigenvalue weighted by atomic mass is 10.1. The van der Waals surface area contributed by atoms with Crippen LogP contribution in [-0.4, -0.2) is 12.1 Å². The maximum absolute atomic E-state index is 11.2. The Morgan fingerprint density at radius 3 is 2.47 bits per heavy atom. The normalized spacial score (nSPS) is 12.5. The number of ether oxygens (including phenoxy) is 1. The van der Waals surface area contributed by atoms with Crippen LogP contribution in [0.15, 0.2) is 24.8 Å². The number of unbranched alkanes of at least 4 members (excludes halogenated alkanes) is 5. The van der Waals surface area contributed by atoms with Crippen molar-refractivity contribution >= 4 is 5.97 Å². The van der Waals surface area contributed by atoms with E-state index in [4.69, 9.17) is 4.74 Å². The quantitative estimate of drug-likeness (QED) is 0.276. The molecular weight excluding hydrogens is 236 g/mol. The molecule has 110 valence electrons. The van der Waals surface area contributed by atoms with E-state index in [2.05, 4.69) is 19.6 Å². The van der Waals surface area contributed by atoms with Gasteiger partial charge in [-0.3, -0.25) is 4.79 Å². The summed E-state index contributed by atoms with van der Waals surface area (Å²) in [5, 5.41) is 0. The SMILES string of the molecule is C=CC=CCCCCCCCC(CC)OC(=O)CC. The van der Waals surface area contributed by atoms with Crippen molar-refractivity contribution in [2.45, 2.75) is 77.7 Å². The van der Waals surface area contributed by atoms with Crippen LogP contribution in [0.25, 0.3) is 0 Å². The van der Waals surface area contributed by atoms with E-state index in [9.17, 15) is 4.79 Å². The van der Waals surface area contributed by atoms with Crippen molar-refractivity contribution in [1.82, 2.24) is 0 Å². The molecule has 19 heavy (non-hydrogen) atoms. The Bertz CT molecular complexity index is 256. The number of carbonyl (C=O) groups excluding carboxylic acids is 1. The van der Waals surface area contributed by atoms with Crippen molar-refractivity contribution in [3.05, 3.63) is 24.8 Å². The van der Waals surface area contributed by atoms with Crippen LogP contribution in [0.1, 0.15) is 71.6 Å². The Balaban J connectivity index is 3.43. The molecule has 0 saturated heterocycles. The third-order valence-electron chi connectivity index (χ3n) is 3.21. The van der Waals surface area contributed by atoms with Gasteiger partial charge in [0.1, 0.15) is 6.10 Å². The van der Waals surface area contributed by atoms with Gasteiger partial charge >= 0.3 is 5.97 Å². The molecule has 0 aliphatic carbocycles. The number of hydrogen-bond donors (Lipinski definition) is 0. The first-order chi connectivity index (χ1) is 9.24. The largest absolute Gasteiger partial charge is 0.462 e. The Morgan fingerprint density at radius 2 is 1.84 bits per heavy atom. The maximum Gasteiger partial charge on any atom is 0.305 e. The number of hydrogen-bond acceptors (Lipinski definition) is 2. The molecule has 0 aromatic heterocycles. The van der Waals surface area contributed by atoms with Gasteiger partial charge in [0.15, 0.2) is 0 Å². The number of rotatable bonds is 12. The van der Waals surface area contributed by atoms with Crippen LogP contribution in [-0.2, 0) is 9.53 Å². The second-order valence-electron chi connectivity index (χ2n) is 4.88. The third kappa shape index (κ3) is 11.8. The standard InChI is InChI=1S/C17H30O2/c1-4-7-8-9-10-11-12-13-14-15-16(5-2)19-17(18)6-3/h4,7-8,16H,1,5-6,9-15H2,2-3H3. The summed E-state index contributed by atoms with van der Waals surface area (Å²) in [7, 11) is 0. The predicted octanol–water partition coefficient (Wildman–Crippen LogP) is 5.19. The highest BCUT2D eigenvalue weighted by molar-refractivity contribution is 5.69. The van der Waals surface area contributed by atoms with Gasteiger partial charge in [0.25, 0.3) is 0 Å². The van der Waals surface area contributed by atoms with Gasteiger partial charge in [0.05, 0.1) is 0 Å². The molecule has 0 rings (SSSR count). The molecule has 0 aliphatic rings. The first-order valence-electron chi connectivity index (χ1n) is 7.71. The van der Waals surface area contributed by atoms with E-state index in [1.165, 1.54) is 25.7 Å². The van der Waals surface area contributed by atoms with Crippen LogP contribution in [0.3, 0.4) is 0 Å². The van der Waals surface area contributed by atoms with E-state index in [0.29, 0.717) is 6.42 Å². The lowest BCUT2D eigenvalue weighted by Gasteiger charge is -2.15. The van der Waals surface area contributed by atoms with E-state index in [1.807, 2.05) is 19.1 Å². The van der Waals surface area contributed by atoms with Crippen molar-refractivity contribution in [1.29, 1.82) is 0 Å². The number of esters is 1. The van der Waals surface area contributed by atoms with Gasteiger partial charge in [-0.25, -0.2) is 0 Å².